The van der Waals surface area contributed by atoms with Gasteiger partial charge in [0.2, 0.25) is 0 Å². The highest BCUT2D eigenvalue weighted by molar-refractivity contribution is 5.62. The zero-order valence-electron chi connectivity index (χ0n) is 8.82. The van der Waals surface area contributed by atoms with Crippen molar-refractivity contribution in [1.82, 2.24) is 19.9 Å². The molecule has 0 unspecified atom stereocenters. The van der Waals surface area contributed by atoms with Crippen molar-refractivity contribution >= 4 is 5.82 Å². The van der Waals surface area contributed by atoms with Crippen LogP contribution in [0, 0.1) is 0 Å². The summed E-state index contributed by atoms with van der Waals surface area (Å²) in [5.41, 5.74) is 7.31. The minimum Gasteiger partial charge on any atom is -0.381 e. The van der Waals surface area contributed by atoms with Crippen molar-refractivity contribution in [1.29, 1.82) is 0 Å². The third-order valence-corrected chi connectivity index (χ3v) is 2.34. The highest BCUT2D eigenvalue weighted by atomic mass is 16.5. The molecule has 1 aromatic carbocycles. The zero-order chi connectivity index (χ0) is 11.7. The second-order valence-corrected chi connectivity index (χ2v) is 3.51. The van der Waals surface area contributed by atoms with E-state index >= 15 is 0 Å². The Morgan fingerprint density at radius 2 is 2.18 bits per heavy atom. The summed E-state index contributed by atoms with van der Waals surface area (Å²) in [4.78, 5) is 3.90. The molecule has 17 heavy (non-hydrogen) atoms. The molecule has 0 aliphatic heterocycles. The van der Waals surface area contributed by atoms with Gasteiger partial charge in [0.15, 0.2) is 11.6 Å². The van der Waals surface area contributed by atoms with E-state index in [4.69, 9.17) is 10.3 Å². The van der Waals surface area contributed by atoms with Crippen molar-refractivity contribution in [3.05, 3.63) is 43.0 Å². The Morgan fingerprint density at radius 1 is 1.24 bits per heavy atom. The Morgan fingerprint density at radius 3 is 2.88 bits per heavy atom. The first-order valence-electron chi connectivity index (χ1n) is 5.00. The highest BCUT2D eigenvalue weighted by Gasteiger charge is 2.06. The van der Waals surface area contributed by atoms with E-state index in [0.717, 1.165) is 11.3 Å². The van der Waals surface area contributed by atoms with Crippen molar-refractivity contribution in [3.63, 3.8) is 0 Å². The molecule has 2 aromatic heterocycles. The van der Waals surface area contributed by atoms with E-state index < -0.39 is 0 Å². The molecule has 0 atom stereocenters. The molecule has 0 spiro atoms. The van der Waals surface area contributed by atoms with E-state index in [-0.39, 0.29) is 0 Å². The first-order chi connectivity index (χ1) is 8.33. The molecule has 3 aromatic rings. The molecule has 0 bridgehead atoms. The summed E-state index contributed by atoms with van der Waals surface area (Å²) in [7, 11) is 0. The van der Waals surface area contributed by atoms with Gasteiger partial charge >= 0.3 is 0 Å². The van der Waals surface area contributed by atoms with Crippen LogP contribution in [0.2, 0.25) is 0 Å². The normalized spacial score (nSPS) is 10.6. The van der Waals surface area contributed by atoms with Crippen LogP contribution in [0.3, 0.4) is 0 Å². The number of nitrogens with two attached hydrogens (primary N) is 1. The summed E-state index contributed by atoms with van der Waals surface area (Å²) < 4.78 is 6.77. The summed E-state index contributed by atoms with van der Waals surface area (Å²) >= 11 is 0. The van der Waals surface area contributed by atoms with E-state index in [9.17, 15) is 0 Å². The van der Waals surface area contributed by atoms with E-state index in [2.05, 4.69) is 15.2 Å². The average molecular weight is 227 g/mol. The van der Waals surface area contributed by atoms with Crippen molar-refractivity contribution in [2.24, 2.45) is 0 Å². The number of nitrogen functional groups attached to an aromatic ring is 1. The van der Waals surface area contributed by atoms with Crippen LogP contribution in [0.15, 0.2) is 47.5 Å². The lowest BCUT2D eigenvalue weighted by atomic mass is 10.1. The largest absolute Gasteiger partial charge is 0.381 e. The number of anilines is 1. The number of benzene rings is 1. The average Bonchev–Trinajstić information content (AvgIpc) is 3.00. The number of hydrogen-bond acceptors (Lipinski definition) is 5. The molecule has 2 heterocycles. The second-order valence-electron chi connectivity index (χ2n) is 3.51. The fraction of sp³-hybridized carbons (Fsp3) is 0. The minimum atomic E-state index is 0.367. The van der Waals surface area contributed by atoms with Crippen molar-refractivity contribution < 1.29 is 4.52 Å². The Hall–Kier alpha value is -2.63. The molecule has 6 nitrogen and oxygen atoms in total. The molecule has 6 heteroatoms. The third-order valence-electron chi connectivity index (χ3n) is 2.34. The fourth-order valence-corrected chi connectivity index (χ4v) is 1.57. The Bertz CT molecular complexity index is 629. The zero-order valence-corrected chi connectivity index (χ0v) is 8.82. The Labute approximate surface area is 96.7 Å². The number of rotatable bonds is 2. The third kappa shape index (κ3) is 1.76. The maximum Gasteiger partial charge on any atom is 0.169 e. The molecule has 0 aliphatic rings. The number of nitrogens with zero attached hydrogens (tertiary/aromatic N) is 4. The molecular formula is C11H9N5O. The molecule has 0 saturated carbocycles. The smallest absolute Gasteiger partial charge is 0.169 e. The first kappa shape index (κ1) is 9.59. The summed E-state index contributed by atoms with van der Waals surface area (Å²) in [6.45, 7) is 0. The SMILES string of the molecule is Nc1cc(-c2cccc(-n3cncn3)c2)on1. The quantitative estimate of drug-likeness (QED) is 0.717. The van der Waals surface area contributed by atoms with Crippen molar-refractivity contribution in [2.75, 3.05) is 5.73 Å². The Kier molecular flexibility index (Phi) is 2.11. The number of aromatic nitrogens is 4. The molecule has 84 valence electrons. The maximum atomic E-state index is 5.52. The topological polar surface area (TPSA) is 82.8 Å². The molecule has 0 fully saturated rings. The fourth-order valence-electron chi connectivity index (χ4n) is 1.57. The summed E-state index contributed by atoms with van der Waals surface area (Å²) in [6, 6.07) is 9.36. The van der Waals surface area contributed by atoms with Crippen molar-refractivity contribution in [3.8, 4) is 17.0 Å². The standard InChI is InChI=1S/C11H9N5O/c12-11-5-10(17-15-11)8-2-1-3-9(4-8)16-7-13-6-14-16/h1-7H,(H2,12,15). The van der Waals surface area contributed by atoms with Crippen LogP contribution < -0.4 is 5.73 Å². The molecule has 2 N–H and O–H groups in total. The molecule has 3 rings (SSSR count). The van der Waals surface area contributed by atoms with Gasteiger partial charge in [-0.05, 0) is 12.1 Å². The van der Waals surface area contributed by atoms with Gasteiger partial charge in [0.1, 0.15) is 12.7 Å². The lowest BCUT2D eigenvalue weighted by molar-refractivity contribution is 0.436. The van der Waals surface area contributed by atoms with Gasteiger partial charge in [0, 0.05) is 11.6 Å². The first-order valence-corrected chi connectivity index (χ1v) is 5.00. The van der Waals surface area contributed by atoms with Crippen LogP contribution in [-0.4, -0.2) is 19.9 Å². The summed E-state index contributed by atoms with van der Waals surface area (Å²) in [6.07, 6.45) is 3.12. The van der Waals surface area contributed by atoms with E-state index in [1.54, 1.807) is 17.1 Å². The van der Waals surface area contributed by atoms with Crippen LogP contribution in [0.1, 0.15) is 0 Å². The van der Waals surface area contributed by atoms with Gasteiger partial charge in [-0.3, -0.25) is 0 Å². The van der Waals surface area contributed by atoms with Gasteiger partial charge in [-0.15, -0.1) is 0 Å². The van der Waals surface area contributed by atoms with Gasteiger partial charge in [-0.1, -0.05) is 17.3 Å². The van der Waals surface area contributed by atoms with Gasteiger partial charge in [0.05, 0.1) is 5.69 Å². The highest BCUT2D eigenvalue weighted by Crippen LogP contribution is 2.23. The minimum absolute atomic E-state index is 0.367. The number of hydrogen-bond donors (Lipinski definition) is 1. The summed E-state index contributed by atoms with van der Waals surface area (Å²) in [5, 5.41) is 7.71. The second kappa shape index (κ2) is 3.75. The molecular weight excluding hydrogens is 218 g/mol. The summed E-state index contributed by atoms with van der Waals surface area (Å²) in [5.74, 6) is 0.996. The van der Waals surface area contributed by atoms with E-state index in [1.165, 1.54) is 6.33 Å². The molecule has 0 aliphatic carbocycles. The Balaban J connectivity index is 2.05. The van der Waals surface area contributed by atoms with Gasteiger partial charge in [-0.2, -0.15) is 5.10 Å². The van der Waals surface area contributed by atoms with Crippen LogP contribution >= 0.6 is 0 Å². The predicted molar refractivity (Wildman–Crippen MR) is 61.3 cm³/mol. The lowest BCUT2D eigenvalue weighted by Gasteiger charge is -2.01. The van der Waals surface area contributed by atoms with E-state index in [1.807, 2.05) is 24.3 Å². The molecule has 0 radical (unpaired) electrons. The van der Waals surface area contributed by atoms with Crippen LogP contribution in [0.4, 0.5) is 5.82 Å². The predicted octanol–water partition coefficient (Wildman–Crippen LogP) is 1.50. The van der Waals surface area contributed by atoms with Gasteiger partial charge in [-0.25, -0.2) is 9.67 Å². The van der Waals surface area contributed by atoms with Crippen LogP contribution in [0.5, 0.6) is 0 Å². The lowest BCUT2D eigenvalue weighted by Crippen LogP contribution is -1.93. The van der Waals surface area contributed by atoms with Crippen molar-refractivity contribution in [2.45, 2.75) is 0 Å². The van der Waals surface area contributed by atoms with Crippen LogP contribution in [0.25, 0.3) is 17.0 Å². The van der Waals surface area contributed by atoms with Gasteiger partial charge < -0.3 is 10.3 Å². The van der Waals surface area contributed by atoms with Crippen LogP contribution in [-0.2, 0) is 0 Å². The van der Waals surface area contributed by atoms with Gasteiger partial charge in [0.25, 0.3) is 0 Å². The monoisotopic (exact) mass is 227 g/mol. The molecule has 0 saturated heterocycles. The van der Waals surface area contributed by atoms with E-state index in [0.29, 0.717) is 11.6 Å². The maximum absolute atomic E-state index is 5.52. The molecule has 0 amide bonds.